The van der Waals surface area contributed by atoms with E-state index in [0.717, 1.165) is 24.6 Å². The highest BCUT2D eigenvalue weighted by molar-refractivity contribution is 5.95. The molecule has 0 aliphatic carbocycles. The average molecular weight is 665 g/mol. The number of aryl methyl sites for hydroxylation is 3. The van der Waals surface area contributed by atoms with E-state index in [0.29, 0.717) is 45.0 Å². The summed E-state index contributed by atoms with van der Waals surface area (Å²) >= 11 is 0. The normalized spacial score (nSPS) is 13.7. The van der Waals surface area contributed by atoms with Crippen molar-refractivity contribution < 1.29 is 18.3 Å². The van der Waals surface area contributed by atoms with Crippen molar-refractivity contribution >= 4 is 34.1 Å². The first-order valence-electron chi connectivity index (χ1n) is 16.5. The number of aromatic nitrogens is 3. The maximum absolute atomic E-state index is 15.9. The molecule has 0 spiro atoms. The van der Waals surface area contributed by atoms with Gasteiger partial charge < -0.3 is 19.5 Å². The highest BCUT2D eigenvalue weighted by Gasteiger charge is 2.27. The van der Waals surface area contributed by atoms with Gasteiger partial charge in [0.2, 0.25) is 5.43 Å². The fraction of sp³-hybridized carbons (Fsp3) is 0.429. The molecule has 0 atom stereocenters. The molecule has 48 heavy (non-hydrogen) atoms. The van der Waals surface area contributed by atoms with Crippen molar-refractivity contribution in [2.24, 2.45) is 0 Å². The van der Waals surface area contributed by atoms with Gasteiger partial charge in [-0.3, -0.25) is 24.0 Å². The summed E-state index contributed by atoms with van der Waals surface area (Å²) in [6.45, 7) is 10.6. The monoisotopic (exact) mass is 664 g/mol. The maximum atomic E-state index is 15.9. The summed E-state index contributed by atoms with van der Waals surface area (Å²) < 4.78 is 38.9. The summed E-state index contributed by atoms with van der Waals surface area (Å²) in [4.78, 5) is 57.3. The molecule has 0 amide bonds. The van der Waals surface area contributed by atoms with E-state index in [1.807, 2.05) is 25.1 Å². The third-order valence-electron chi connectivity index (χ3n) is 8.89. The van der Waals surface area contributed by atoms with Crippen LogP contribution >= 0.6 is 0 Å². The number of benzene rings is 2. The number of fused-ring (bicyclic) bond motifs is 1. The Hall–Kier alpha value is -4.78. The number of hydrogen-bond donors (Lipinski definition) is 2. The van der Waals surface area contributed by atoms with Gasteiger partial charge in [-0.1, -0.05) is 13.0 Å². The number of ether oxygens (including phenoxy) is 1. The maximum Gasteiger partial charge on any atom is 0.343 e. The van der Waals surface area contributed by atoms with Crippen molar-refractivity contribution in [2.45, 2.75) is 60.0 Å². The summed E-state index contributed by atoms with van der Waals surface area (Å²) in [5, 5.41) is 2.91. The molecule has 3 heterocycles. The van der Waals surface area contributed by atoms with Crippen LogP contribution in [0.2, 0.25) is 0 Å². The van der Waals surface area contributed by atoms with Gasteiger partial charge in [-0.15, -0.1) is 0 Å². The minimum absolute atomic E-state index is 0.0517. The molecule has 1 aliphatic heterocycles. The second-order valence-electron chi connectivity index (χ2n) is 11.9. The molecule has 256 valence electrons. The smallest absolute Gasteiger partial charge is 0.343 e. The van der Waals surface area contributed by atoms with Gasteiger partial charge in [0, 0.05) is 57.2 Å². The summed E-state index contributed by atoms with van der Waals surface area (Å²) in [6.07, 6.45) is 3.47. The summed E-state index contributed by atoms with van der Waals surface area (Å²) in [7, 11) is 0. The van der Waals surface area contributed by atoms with E-state index in [9.17, 15) is 19.2 Å². The first-order valence-corrected chi connectivity index (χ1v) is 16.5. The third kappa shape index (κ3) is 7.20. The number of carbonyl (C=O) groups excluding carboxylic acids is 1. The molecule has 1 saturated heterocycles. The van der Waals surface area contributed by atoms with Gasteiger partial charge in [-0.05, 0) is 75.9 Å². The molecule has 13 heteroatoms. The average Bonchev–Trinajstić information content (AvgIpc) is 3.06. The van der Waals surface area contributed by atoms with E-state index < -0.39 is 28.7 Å². The van der Waals surface area contributed by atoms with Crippen molar-refractivity contribution in [3.63, 3.8) is 0 Å². The Morgan fingerprint density at radius 2 is 1.71 bits per heavy atom. The highest BCUT2D eigenvalue weighted by atomic mass is 19.1. The van der Waals surface area contributed by atoms with Gasteiger partial charge >= 0.3 is 11.7 Å². The first kappa shape index (κ1) is 34.6. The van der Waals surface area contributed by atoms with Crippen molar-refractivity contribution in [3.05, 3.63) is 95.9 Å². The zero-order valence-electron chi connectivity index (χ0n) is 27.8. The number of pyridine rings is 1. The standard InChI is InChI=1S/C35H42F2N6O5/c1-5-23-18-24(11-10-22(23)4)38-28-20-29(44)43(35(47)39-28)13-9-8-12-40-14-16-42(17-15-40)32-27(36)19-25-31(30(32)37)41(6-2)21-26(33(25)45)34(46)48-7-3/h10-11,18-21,38H,5-9,12-17H2,1-4H3,(H,39,47). The van der Waals surface area contributed by atoms with Crippen LogP contribution in [0.25, 0.3) is 10.9 Å². The molecule has 2 aromatic carbocycles. The molecule has 0 saturated carbocycles. The van der Waals surface area contributed by atoms with Crippen molar-refractivity contribution in [1.29, 1.82) is 0 Å². The molecule has 5 rings (SSSR count). The third-order valence-corrected chi connectivity index (χ3v) is 8.89. The SMILES string of the molecule is CCOC(=O)c1cn(CC)c2c(F)c(N3CCN(CCCCn4c(=O)cc(Nc5ccc(C)c(CC)c5)[nH]c4=O)CC3)c(F)cc2c1=O. The van der Waals surface area contributed by atoms with E-state index in [1.54, 1.807) is 18.7 Å². The number of hydrogen-bond acceptors (Lipinski definition) is 8. The van der Waals surface area contributed by atoms with Crippen LogP contribution in [0.4, 0.5) is 26.0 Å². The Morgan fingerprint density at radius 3 is 2.38 bits per heavy atom. The number of H-pyrrole nitrogens is 1. The zero-order valence-corrected chi connectivity index (χ0v) is 27.8. The molecule has 0 bridgehead atoms. The number of nitrogens with one attached hydrogen (secondary N) is 2. The van der Waals surface area contributed by atoms with Crippen LogP contribution in [0.5, 0.6) is 0 Å². The lowest BCUT2D eigenvalue weighted by molar-refractivity contribution is 0.0524. The summed E-state index contributed by atoms with van der Waals surface area (Å²) in [5.74, 6) is -2.20. The molecular formula is C35H42F2N6O5. The second kappa shape index (κ2) is 15.0. The van der Waals surface area contributed by atoms with E-state index in [2.05, 4.69) is 22.1 Å². The minimum atomic E-state index is -0.865. The number of nitrogens with zero attached hydrogens (tertiary/aromatic N) is 4. The van der Waals surface area contributed by atoms with Crippen LogP contribution in [-0.2, 0) is 24.2 Å². The Labute approximate surface area is 276 Å². The molecule has 1 aliphatic rings. The summed E-state index contributed by atoms with van der Waals surface area (Å²) in [5.41, 5.74) is 1.00. The first-order chi connectivity index (χ1) is 23.1. The van der Waals surface area contributed by atoms with Crippen LogP contribution in [0.15, 0.2) is 50.9 Å². The number of esters is 1. The van der Waals surface area contributed by atoms with Crippen LogP contribution in [-0.4, -0.2) is 64.3 Å². The number of carbonyl (C=O) groups is 1. The predicted molar refractivity (Wildman–Crippen MR) is 183 cm³/mol. The van der Waals surface area contributed by atoms with Gasteiger partial charge in [-0.25, -0.2) is 18.4 Å². The van der Waals surface area contributed by atoms with Gasteiger partial charge in [0.1, 0.15) is 22.9 Å². The zero-order chi connectivity index (χ0) is 34.5. The second-order valence-corrected chi connectivity index (χ2v) is 11.9. The van der Waals surface area contributed by atoms with Gasteiger partial charge in [0.05, 0.1) is 17.5 Å². The van der Waals surface area contributed by atoms with Crippen LogP contribution in [0, 0.1) is 18.6 Å². The Balaban J connectivity index is 1.18. The van der Waals surface area contributed by atoms with E-state index in [1.165, 1.54) is 32.5 Å². The quantitative estimate of drug-likeness (QED) is 0.167. The van der Waals surface area contributed by atoms with Gasteiger partial charge in [0.15, 0.2) is 5.82 Å². The van der Waals surface area contributed by atoms with Crippen LogP contribution in [0.3, 0.4) is 0 Å². The topological polar surface area (TPSA) is 122 Å². The fourth-order valence-electron chi connectivity index (χ4n) is 6.26. The molecule has 1 fully saturated rings. The number of aromatic amines is 1. The van der Waals surface area contributed by atoms with Crippen molar-refractivity contribution in [1.82, 2.24) is 19.0 Å². The molecule has 0 radical (unpaired) electrons. The number of rotatable bonds is 12. The Morgan fingerprint density at radius 1 is 0.979 bits per heavy atom. The molecule has 11 nitrogen and oxygen atoms in total. The van der Waals surface area contributed by atoms with E-state index >= 15 is 8.78 Å². The van der Waals surface area contributed by atoms with Crippen LogP contribution in [0.1, 0.15) is 55.1 Å². The van der Waals surface area contributed by atoms with E-state index in [-0.39, 0.29) is 47.4 Å². The van der Waals surface area contributed by atoms with Gasteiger partial charge in [0.25, 0.3) is 5.56 Å². The largest absolute Gasteiger partial charge is 0.462 e. The molecule has 4 aromatic rings. The Bertz CT molecular complexity index is 1960. The highest BCUT2D eigenvalue weighted by Crippen LogP contribution is 2.31. The van der Waals surface area contributed by atoms with Crippen molar-refractivity contribution in [3.8, 4) is 0 Å². The molecule has 2 N–H and O–H groups in total. The lowest BCUT2D eigenvalue weighted by Crippen LogP contribution is -2.47. The molecule has 0 unspecified atom stereocenters. The van der Waals surface area contributed by atoms with Crippen molar-refractivity contribution in [2.75, 3.05) is 49.5 Å². The number of piperazine rings is 1. The van der Waals surface area contributed by atoms with Gasteiger partial charge in [-0.2, -0.15) is 0 Å². The summed E-state index contributed by atoms with van der Waals surface area (Å²) in [6, 6.07) is 8.30. The minimum Gasteiger partial charge on any atom is -0.462 e. The molecule has 2 aromatic heterocycles. The fourth-order valence-corrected chi connectivity index (χ4v) is 6.26. The van der Waals surface area contributed by atoms with E-state index in [4.69, 9.17) is 4.74 Å². The Kier molecular flexibility index (Phi) is 10.8. The number of anilines is 3. The number of halogens is 2. The van der Waals surface area contributed by atoms with Crippen LogP contribution < -0.4 is 26.9 Å². The lowest BCUT2D eigenvalue weighted by Gasteiger charge is -2.36. The predicted octanol–water partition coefficient (Wildman–Crippen LogP) is 4.54. The number of unbranched alkanes of at least 4 members (excludes halogenated alkanes) is 1. The lowest BCUT2D eigenvalue weighted by atomic mass is 10.1. The molecular weight excluding hydrogens is 622 g/mol.